The molecular formula is C23H19BrN2O5. The van der Waals surface area contributed by atoms with Crippen LogP contribution in [0.15, 0.2) is 76.3 Å². The quantitative estimate of drug-likeness (QED) is 0.232. The largest absolute Gasteiger partial charge is 0.497 e. The zero-order valence-electron chi connectivity index (χ0n) is 16.8. The van der Waals surface area contributed by atoms with Gasteiger partial charge in [0.05, 0.1) is 26.0 Å². The van der Waals surface area contributed by atoms with E-state index in [0.29, 0.717) is 28.2 Å². The number of hydrogen-bond acceptors (Lipinski definition) is 6. The predicted molar refractivity (Wildman–Crippen MR) is 120 cm³/mol. The molecule has 7 nitrogen and oxygen atoms in total. The number of nitrogens with one attached hydrogen (secondary N) is 1. The summed E-state index contributed by atoms with van der Waals surface area (Å²) in [7, 11) is 3.03. The van der Waals surface area contributed by atoms with Crippen LogP contribution in [0.3, 0.4) is 0 Å². The van der Waals surface area contributed by atoms with Crippen molar-refractivity contribution in [1.82, 2.24) is 5.43 Å². The van der Waals surface area contributed by atoms with Gasteiger partial charge in [0, 0.05) is 10.0 Å². The van der Waals surface area contributed by atoms with Gasteiger partial charge < -0.3 is 14.2 Å². The highest BCUT2D eigenvalue weighted by Crippen LogP contribution is 2.28. The third-order valence-corrected chi connectivity index (χ3v) is 4.68. The van der Waals surface area contributed by atoms with Crippen LogP contribution in [0.2, 0.25) is 0 Å². The van der Waals surface area contributed by atoms with Crippen LogP contribution in [0.5, 0.6) is 17.2 Å². The maximum absolute atomic E-state index is 12.5. The van der Waals surface area contributed by atoms with Gasteiger partial charge in [-0.2, -0.15) is 5.10 Å². The maximum atomic E-state index is 12.5. The first-order chi connectivity index (χ1) is 15.0. The van der Waals surface area contributed by atoms with E-state index < -0.39 is 5.97 Å². The number of ether oxygens (including phenoxy) is 3. The van der Waals surface area contributed by atoms with Gasteiger partial charge in [0.1, 0.15) is 5.75 Å². The Balaban J connectivity index is 1.71. The number of esters is 1. The lowest BCUT2D eigenvalue weighted by Crippen LogP contribution is -2.17. The molecule has 3 rings (SSSR count). The molecule has 0 atom stereocenters. The monoisotopic (exact) mass is 482 g/mol. The minimum atomic E-state index is -0.544. The molecule has 0 spiro atoms. The first kappa shape index (κ1) is 22.0. The fraction of sp³-hybridized carbons (Fsp3) is 0.0870. The number of benzene rings is 3. The van der Waals surface area contributed by atoms with Gasteiger partial charge >= 0.3 is 5.97 Å². The van der Waals surface area contributed by atoms with E-state index >= 15 is 0 Å². The second kappa shape index (κ2) is 10.4. The van der Waals surface area contributed by atoms with E-state index in [9.17, 15) is 9.59 Å². The summed E-state index contributed by atoms with van der Waals surface area (Å²) in [5.74, 6) is 0.357. The lowest BCUT2D eigenvalue weighted by molar-refractivity contribution is 0.0729. The van der Waals surface area contributed by atoms with Crippen molar-refractivity contribution < 1.29 is 23.8 Å². The maximum Gasteiger partial charge on any atom is 0.343 e. The standard InChI is InChI=1S/C23H19BrN2O5/c1-29-19-9-7-16(8-10-19)23(28)31-21-12-15(6-11-20(21)30-2)14-25-26-22(27)17-4-3-5-18(24)13-17/h3-14H,1-2H3,(H,26,27)/b25-14+. The second-order valence-electron chi connectivity index (χ2n) is 6.24. The van der Waals surface area contributed by atoms with E-state index in [0.717, 1.165) is 4.47 Å². The number of hydrazone groups is 1. The van der Waals surface area contributed by atoms with Crippen LogP contribution in [-0.4, -0.2) is 32.3 Å². The zero-order valence-corrected chi connectivity index (χ0v) is 18.4. The minimum Gasteiger partial charge on any atom is -0.497 e. The van der Waals surface area contributed by atoms with E-state index in [1.807, 2.05) is 6.07 Å². The molecule has 1 N–H and O–H groups in total. The van der Waals surface area contributed by atoms with Gasteiger partial charge in [0.15, 0.2) is 11.5 Å². The van der Waals surface area contributed by atoms with Crippen molar-refractivity contribution in [3.05, 3.63) is 87.9 Å². The summed E-state index contributed by atoms with van der Waals surface area (Å²) in [6.45, 7) is 0. The average molecular weight is 483 g/mol. The highest BCUT2D eigenvalue weighted by atomic mass is 79.9. The molecule has 3 aromatic rings. The molecule has 0 saturated heterocycles. The topological polar surface area (TPSA) is 86.2 Å². The van der Waals surface area contributed by atoms with Crippen LogP contribution >= 0.6 is 15.9 Å². The molecule has 0 aliphatic heterocycles. The summed E-state index contributed by atoms with van der Waals surface area (Å²) < 4.78 is 16.6. The number of nitrogens with zero attached hydrogens (tertiary/aromatic N) is 1. The van der Waals surface area contributed by atoms with E-state index in [4.69, 9.17) is 14.2 Å². The fourth-order valence-corrected chi connectivity index (χ4v) is 3.00. The Bertz CT molecular complexity index is 1110. The van der Waals surface area contributed by atoms with Gasteiger partial charge in [0.2, 0.25) is 0 Å². The Morgan fingerprint density at radius 1 is 0.903 bits per heavy atom. The lowest BCUT2D eigenvalue weighted by atomic mass is 10.2. The summed E-state index contributed by atoms with van der Waals surface area (Å²) in [6.07, 6.45) is 1.44. The Hall–Kier alpha value is -3.65. The Morgan fingerprint density at radius 2 is 1.68 bits per heavy atom. The van der Waals surface area contributed by atoms with Gasteiger partial charge in [-0.25, -0.2) is 10.2 Å². The van der Waals surface area contributed by atoms with Gasteiger partial charge in [-0.3, -0.25) is 4.79 Å². The molecule has 0 saturated carbocycles. The molecule has 0 bridgehead atoms. The van der Waals surface area contributed by atoms with Crippen molar-refractivity contribution in [2.75, 3.05) is 14.2 Å². The SMILES string of the molecule is COc1ccc(C(=O)Oc2cc(/C=N/NC(=O)c3cccc(Br)c3)ccc2OC)cc1. The third kappa shape index (κ3) is 5.93. The Morgan fingerprint density at radius 3 is 2.35 bits per heavy atom. The summed E-state index contributed by atoms with van der Waals surface area (Å²) >= 11 is 3.32. The van der Waals surface area contributed by atoms with Crippen molar-refractivity contribution in [2.45, 2.75) is 0 Å². The van der Waals surface area contributed by atoms with E-state index in [1.54, 1.807) is 67.8 Å². The van der Waals surface area contributed by atoms with E-state index in [2.05, 4.69) is 26.5 Å². The second-order valence-corrected chi connectivity index (χ2v) is 7.15. The first-order valence-electron chi connectivity index (χ1n) is 9.13. The van der Waals surface area contributed by atoms with Gasteiger partial charge in [0.25, 0.3) is 5.91 Å². The molecule has 0 unspecified atom stereocenters. The van der Waals surface area contributed by atoms with Gasteiger partial charge in [-0.1, -0.05) is 22.0 Å². The normalized spacial score (nSPS) is 10.5. The number of amides is 1. The van der Waals surface area contributed by atoms with Crippen molar-refractivity contribution in [1.29, 1.82) is 0 Å². The molecule has 0 aliphatic rings. The number of rotatable bonds is 7. The molecule has 8 heteroatoms. The number of carbonyl (C=O) groups is 2. The summed E-state index contributed by atoms with van der Waals surface area (Å²) in [4.78, 5) is 24.6. The smallest absolute Gasteiger partial charge is 0.343 e. The van der Waals surface area contributed by atoms with Crippen LogP contribution in [-0.2, 0) is 0 Å². The van der Waals surface area contributed by atoms with Crippen LogP contribution < -0.4 is 19.6 Å². The van der Waals surface area contributed by atoms with Crippen molar-refractivity contribution >= 4 is 34.0 Å². The van der Waals surface area contributed by atoms with Crippen molar-refractivity contribution in [3.8, 4) is 17.2 Å². The third-order valence-electron chi connectivity index (χ3n) is 4.18. The number of halogens is 1. The molecule has 31 heavy (non-hydrogen) atoms. The Labute approximate surface area is 187 Å². The first-order valence-corrected chi connectivity index (χ1v) is 9.92. The number of methoxy groups -OCH3 is 2. The predicted octanol–water partition coefficient (Wildman–Crippen LogP) is 4.45. The average Bonchev–Trinajstić information content (AvgIpc) is 2.79. The molecular weight excluding hydrogens is 464 g/mol. The van der Waals surface area contributed by atoms with E-state index in [1.165, 1.54) is 13.3 Å². The van der Waals surface area contributed by atoms with Crippen LogP contribution in [0, 0.1) is 0 Å². The van der Waals surface area contributed by atoms with Crippen molar-refractivity contribution in [2.24, 2.45) is 5.10 Å². The highest BCUT2D eigenvalue weighted by Gasteiger charge is 2.13. The lowest BCUT2D eigenvalue weighted by Gasteiger charge is -2.10. The van der Waals surface area contributed by atoms with Crippen LogP contribution in [0.4, 0.5) is 0 Å². The summed E-state index contributed by atoms with van der Waals surface area (Å²) in [5, 5.41) is 3.97. The Kier molecular flexibility index (Phi) is 7.40. The molecule has 0 aromatic heterocycles. The van der Waals surface area contributed by atoms with Crippen LogP contribution in [0.1, 0.15) is 26.3 Å². The molecule has 0 aliphatic carbocycles. The molecule has 0 radical (unpaired) electrons. The van der Waals surface area contributed by atoms with E-state index in [-0.39, 0.29) is 11.7 Å². The highest BCUT2D eigenvalue weighted by molar-refractivity contribution is 9.10. The fourth-order valence-electron chi connectivity index (χ4n) is 2.60. The molecule has 158 valence electrons. The van der Waals surface area contributed by atoms with Gasteiger partial charge in [-0.15, -0.1) is 0 Å². The number of carbonyl (C=O) groups excluding carboxylic acids is 2. The van der Waals surface area contributed by atoms with Crippen LogP contribution in [0.25, 0.3) is 0 Å². The zero-order chi connectivity index (χ0) is 22.2. The van der Waals surface area contributed by atoms with Crippen molar-refractivity contribution in [3.63, 3.8) is 0 Å². The minimum absolute atomic E-state index is 0.227. The molecule has 0 fully saturated rings. The molecule has 3 aromatic carbocycles. The number of hydrogen-bond donors (Lipinski definition) is 1. The molecule has 1 amide bonds. The summed E-state index contributed by atoms with van der Waals surface area (Å²) in [6, 6.07) is 18.5. The summed E-state index contributed by atoms with van der Waals surface area (Å²) in [5.41, 5.74) is 3.90. The van der Waals surface area contributed by atoms with Gasteiger partial charge in [-0.05, 0) is 66.2 Å². The molecule has 0 heterocycles.